The van der Waals surface area contributed by atoms with Crippen molar-refractivity contribution >= 4 is 17.7 Å². The van der Waals surface area contributed by atoms with Gasteiger partial charge in [0.1, 0.15) is 12.1 Å². The Morgan fingerprint density at radius 1 is 1.47 bits per heavy atom. The van der Waals surface area contributed by atoms with Gasteiger partial charge in [0.15, 0.2) is 0 Å². The Labute approximate surface area is 109 Å². The summed E-state index contributed by atoms with van der Waals surface area (Å²) in [7, 11) is 0. The second-order valence-corrected chi connectivity index (χ2v) is 6.67. The smallest absolute Gasteiger partial charge is 0.323 e. The van der Waals surface area contributed by atoms with Gasteiger partial charge in [0.25, 0.3) is 0 Å². The van der Waals surface area contributed by atoms with Gasteiger partial charge in [0.05, 0.1) is 0 Å². The third kappa shape index (κ3) is 5.30. The van der Waals surface area contributed by atoms with Crippen molar-refractivity contribution in [1.82, 2.24) is 0 Å². The molecule has 1 rings (SSSR count). The van der Waals surface area contributed by atoms with Crippen LogP contribution in [-0.2, 0) is 9.53 Å². The molecule has 0 saturated heterocycles. The summed E-state index contributed by atoms with van der Waals surface area (Å²) in [6, 6.07) is -0.447. The summed E-state index contributed by atoms with van der Waals surface area (Å²) in [5, 5.41) is 0. The van der Waals surface area contributed by atoms with Gasteiger partial charge < -0.3 is 10.5 Å². The minimum Gasteiger partial charge on any atom is -0.461 e. The molecule has 0 aliphatic heterocycles. The molecule has 1 atom stereocenters. The number of ether oxygens (including phenoxy) is 1. The van der Waals surface area contributed by atoms with E-state index in [4.69, 9.17) is 10.5 Å². The zero-order valence-corrected chi connectivity index (χ0v) is 12.0. The molecule has 100 valence electrons. The van der Waals surface area contributed by atoms with E-state index in [-0.39, 0.29) is 12.1 Å². The number of thioether (sulfide) groups is 1. The van der Waals surface area contributed by atoms with Gasteiger partial charge in [-0.05, 0) is 49.5 Å². The number of esters is 1. The molecule has 0 heterocycles. The van der Waals surface area contributed by atoms with E-state index in [0.717, 1.165) is 31.4 Å². The zero-order chi connectivity index (χ0) is 12.9. The van der Waals surface area contributed by atoms with E-state index >= 15 is 0 Å². The summed E-state index contributed by atoms with van der Waals surface area (Å²) < 4.78 is 5.47. The van der Waals surface area contributed by atoms with Crippen molar-refractivity contribution in [3.63, 3.8) is 0 Å². The quantitative estimate of drug-likeness (QED) is 0.771. The number of carbonyl (C=O) groups excluding carboxylic acids is 1. The molecule has 3 nitrogen and oxygen atoms in total. The lowest BCUT2D eigenvalue weighted by atomic mass is 9.76. The summed E-state index contributed by atoms with van der Waals surface area (Å²) in [4.78, 5) is 11.7. The van der Waals surface area contributed by atoms with Crippen LogP contribution in [0.4, 0.5) is 0 Å². The van der Waals surface area contributed by atoms with Crippen LogP contribution in [0, 0.1) is 5.41 Å². The average Bonchev–Trinajstić information content (AvgIpc) is 2.28. The SMILES string of the molecule is CSCCC(N)C(=O)OC1CCC(C)(C)CC1. The minimum absolute atomic E-state index is 0.0934. The molecular formula is C13H25NO2S. The van der Waals surface area contributed by atoms with E-state index in [0.29, 0.717) is 11.8 Å². The highest BCUT2D eigenvalue weighted by Crippen LogP contribution is 2.36. The first-order chi connectivity index (χ1) is 7.94. The topological polar surface area (TPSA) is 52.3 Å². The predicted octanol–water partition coefficient (Wildman–Crippen LogP) is 2.58. The van der Waals surface area contributed by atoms with Crippen molar-refractivity contribution in [1.29, 1.82) is 0 Å². The molecule has 1 saturated carbocycles. The number of carbonyl (C=O) groups is 1. The summed E-state index contributed by atoms with van der Waals surface area (Å²) in [5.74, 6) is 0.692. The van der Waals surface area contributed by atoms with E-state index < -0.39 is 6.04 Å². The largest absolute Gasteiger partial charge is 0.461 e. The standard InChI is InChI=1S/C13H25NO2S/c1-13(2)7-4-10(5-8-13)16-12(15)11(14)6-9-17-3/h10-11H,4-9,14H2,1-3H3. The maximum atomic E-state index is 11.7. The van der Waals surface area contributed by atoms with Crippen LogP contribution >= 0.6 is 11.8 Å². The average molecular weight is 259 g/mol. The molecule has 0 radical (unpaired) electrons. The molecule has 1 unspecified atom stereocenters. The molecule has 17 heavy (non-hydrogen) atoms. The van der Waals surface area contributed by atoms with Crippen molar-refractivity contribution in [3.05, 3.63) is 0 Å². The number of rotatable bonds is 5. The second-order valence-electron chi connectivity index (χ2n) is 5.69. The highest BCUT2D eigenvalue weighted by atomic mass is 32.2. The van der Waals surface area contributed by atoms with Crippen LogP contribution in [0.1, 0.15) is 46.0 Å². The Bertz CT molecular complexity index is 246. The Hall–Kier alpha value is -0.220. The second kappa shape index (κ2) is 6.64. The van der Waals surface area contributed by atoms with Gasteiger partial charge in [-0.15, -0.1) is 0 Å². The highest BCUT2D eigenvalue weighted by Gasteiger charge is 2.29. The van der Waals surface area contributed by atoms with Crippen molar-refractivity contribution in [3.8, 4) is 0 Å². The maximum absolute atomic E-state index is 11.7. The number of nitrogens with two attached hydrogens (primary N) is 1. The monoisotopic (exact) mass is 259 g/mol. The van der Waals surface area contributed by atoms with Crippen molar-refractivity contribution in [2.45, 2.75) is 58.1 Å². The van der Waals surface area contributed by atoms with E-state index in [9.17, 15) is 4.79 Å². The van der Waals surface area contributed by atoms with Crippen LogP contribution < -0.4 is 5.73 Å². The zero-order valence-electron chi connectivity index (χ0n) is 11.2. The summed E-state index contributed by atoms with van der Waals surface area (Å²) in [6.45, 7) is 4.55. The Morgan fingerprint density at radius 3 is 2.59 bits per heavy atom. The number of hydrogen-bond acceptors (Lipinski definition) is 4. The Kier molecular flexibility index (Phi) is 5.80. The Balaban J connectivity index is 2.27. The molecule has 1 fully saturated rings. The normalized spacial score (nSPS) is 22.1. The third-order valence-corrected chi connectivity index (χ3v) is 4.15. The lowest BCUT2D eigenvalue weighted by Gasteiger charge is -2.34. The minimum atomic E-state index is -0.447. The van der Waals surface area contributed by atoms with E-state index in [1.165, 1.54) is 0 Å². The lowest BCUT2D eigenvalue weighted by molar-refractivity contribution is -0.153. The third-order valence-electron chi connectivity index (χ3n) is 3.50. The first-order valence-electron chi connectivity index (χ1n) is 6.39. The molecule has 0 aromatic rings. The first kappa shape index (κ1) is 14.8. The maximum Gasteiger partial charge on any atom is 0.323 e. The van der Waals surface area contributed by atoms with Gasteiger partial charge in [-0.25, -0.2) is 0 Å². The van der Waals surface area contributed by atoms with Crippen LogP contribution in [0.15, 0.2) is 0 Å². The fraction of sp³-hybridized carbons (Fsp3) is 0.923. The molecular weight excluding hydrogens is 234 g/mol. The highest BCUT2D eigenvalue weighted by molar-refractivity contribution is 7.98. The molecule has 1 aliphatic carbocycles. The van der Waals surface area contributed by atoms with Crippen LogP contribution in [-0.4, -0.2) is 30.1 Å². The van der Waals surface area contributed by atoms with Gasteiger partial charge >= 0.3 is 5.97 Å². The molecule has 2 N–H and O–H groups in total. The van der Waals surface area contributed by atoms with Crippen molar-refractivity contribution in [2.24, 2.45) is 11.1 Å². The van der Waals surface area contributed by atoms with Gasteiger partial charge in [0.2, 0.25) is 0 Å². The van der Waals surface area contributed by atoms with Gasteiger partial charge in [-0.1, -0.05) is 13.8 Å². The molecule has 0 aromatic carbocycles. The van der Waals surface area contributed by atoms with Gasteiger partial charge in [-0.2, -0.15) is 11.8 Å². The predicted molar refractivity (Wildman–Crippen MR) is 73.1 cm³/mol. The number of hydrogen-bond donors (Lipinski definition) is 1. The van der Waals surface area contributed by atoms with Crippen molar-refractivity contribution in [2.75, 3.05) is 12.0 Å². The van der Waals surface area contributed by atoms with Gasteiger partial charge in [0, 0.05) is 0 Å². The van der Waals surface area contributed by atoms with Crippen LogP contribution in [0.25, 0.3) is 0 Å². The Morgan fingerprint density at radius 2 is 2.06 bits per heavy atom. The first-order valence-corrected chi connectivity index (χ1v) is 7.79. The fourth-order valence-electron chi connectivity index (χ4n) is 2.10. The summed E-state index contributed by atoms with van der Waals surface area (Å²) in [6.07, 6.45) is 7.04. The van der Waals surface area contributed by atoms with Crippen molar-refractivity contribution < 1.29 is 9.53 Å². The van der Waals surface area contributed by atoms with E-state index in [1.54, 1.807) is 11.8 Å². The summed E-state index contributed by atoms with van der Waals surface area (Å²) in [5.41, 5.74) is 6.19. The lowest BCUT2D eigenvalue weighted by Crippen LogP contribution is -2.37. The van der Waals surface area contributed by atoms with Crippen LogP contribution in [0.5, 0.6) is 0 Å². The molecule has 4 heteroatoms. The fourth-order valence-corrected chi connectivity index (χ4v) is 2.59. The molecule has 0 bridgehead atoms. The van der Waals surface area contributed by atoms with E-state index in [2.05, 4.69) is 13.8 Å². The molecule has 0 amide bonds. The van der Waals surface area contributed by atoms with Gasteiger partial charge in [-0.3, -0.25) is 4.79 Å². The molecule has 0 aromatic heterocycles. The molecule has 0 spiro atoms. The molecule has 1 aliphatic rings. The van der Waals surface area contributed by atoms with E-state index in [1.807, 2.05) is 6.26 Å². The van der Waals surface area contributed by atoms with Crippen LogP contribution in [0.3, 0.4) is 0 Å². The summed E-state index contributed by atoms with van der Waals surface area (Å²) >= 11 is 1.71. The van der Waals surface area contributed by atoms with Crippen LogP contribution in [0.2, 0.25) is 0 Å².